The van der Waals surface area contributed by atoms with Gasteiger partial charge in [-0.15, -0.1) is 4.36 Å². The second-order valence-corrected chi connectivity index (χ2v) is 9.42. The maximum atomic E-state index is 13.1. The van der Waals surface area contributed by atoms with Gasteiger partial charge in [-0.25, -0.2) is 18.8 Å². The zero-order valence-electron chi connectivity index (χ0n) is 16.1. The predicted molar refractivity (Wildman–Crippen MR) is 106 cm³/mol. The monoisotopic (exact) mass is 417 g/mol. The van der Waals surface area contributed by atoms with Gasteiger partial charge in [-0.2, -0.15) is 5.10 Å². The molecular formula is C19H23N5O4S. The molecule has 154 valence electrons. The zero-order chi connectivity index (χ0) is 20.2. The van der Waals surface area contributed by atoms with E-state index in [0.717, 1.165) is 43.4 Å². The summed E-state index contributed by atoms with van der Waals surface area (Å²) in [5.74, 6) is 0.279. The summed E-state index contributed by atoms with van der Waals surface area (Å²) in [4.78, 5) is 12.8. The van der Waals surface area contributed by atoms with Crippen LogP contribution in [0.3, 0.4) is 0 Å². The van der Waals surface area contributed by atoms with Crippen LogP contribution in [0.2, 0.25) is 0 Å². The van der Waals surface area contributed by atoms with Crippen LogP contribution in [0, 0.1) is 0 Å². The number of nitrogens with two attached hydrogens (primary N) is 1. The van der Waals surface area contributed by atoms with E-state index in [-0.39, 0.29) is 16.9 Å². The molecule has 2 aliphatic carbocycles. The second-order valence-electron chi connectivity index (χ2n) is 7.66. The number of hydrogen-bond donors (Lipinski definition) is 2. The molecular weight excluding hydrogens is 394 g/mol. The summed E-state index contributed by atoms with van der Waals surface area (Å²) in [6.07, 6.45) is 6.11. The summed E-state index contributed by atoms with van der Waals surface area (Å²) < 4.78 is 29.2. The van der Waals surface area contributed by atoms with Crippen molar-refractivity contribution in [1.82, 2.24) is 9.78 Å². The van der Waals surface area contributed by atoms with Crippen LogP contribution in [0.1, 0.15) is 28.7 Å². The minimum atomic E-state index is -3.51. The normalized spacial score (nSPS) is 20.7. The average molecular weight is 417 g/mol. The lowest BCUT2D eigenvalue weighted by molar-refractivity contribution is 0.0920. The molecule has 0 bridgehead atoms. The van der Waals surface area contributed by atoms with Crippen LogP contribution in [0.15, 0.2) is 21.5 Å². The van der Waals surface area contributed by atoms with Gasteiger partial charge < -0.3 is 14.8 Å². The maximum Gasteiger partial charge on any atom is 0.354 e. The Bertz CT molecular complexity index is 1130. The number of ether oxygens (including phenoxy) is 2. The number of methoxy groups -OCH3 is 1. The first-order chi connectivity index (χ1) is 14.0. The van der Waals surface area contributed by atoms with Crippen molar-refractivity contribution in [2.45, 2.75) is 49.6 Å². The van der Waals surface area contributed by atoms with Gasteiger partial charge >= 0.3 is 6.03 Å². The lowest BCUT2D eigenvalue weighted by atomic mass is 9.83. The second kappa shape index (κ2) is 6.82. The molecule has 29 heavy (non-hydrogen) atoms. The topological polar surface area (TPSA) is 121 Å². The summed E-state index contributed by atoms with van der Waals surface area (Å²) in [6, 6.07) is 1.54. The molecule has 2 unspecified atom stereocenters. The SMILES string of the molecule is COCC1Cn2ncc(S(N)(=O)=NC(=O)Nc3c4c(cc5c3CC5)CCC4)c2O1. The van der Waals surface area contributed by atoms with Gasteiger partial charge in [0.15, 0.2) is 9.92 Å². The van der Waals surface area contributed by atoms with Gasteiger partial charge in [-0.1, -0.05) is 6.07 Å². The Morgan fingerprint density at radius 1 is 1.38 bits per heavy atom. The Balaban J connectivity index is 1.42. The number of aromatic nitrogens is 2. The Morgan fingerprint density at radius 2 is 2.17 bits per heavy atom. The highest BCUT2D eigenvalue weighted by Gasteiger charge is 2.31. The van der Waals surface area contributed by atoms with Crippen molar-refractivity contribution in [3.05, 3.63) is 34.5 Å². The van der Waals surface area contributed by atoms with Gasteiger partial charge in [0.25, 0.3) is 0 Å². The van der Waals surface area contributed by atoms with Crippen LogP contribution < -0.4 is 15.2 Å². The minimum Gasteiger partial charge on any atom is -0.469 e. The van der Waals surface area contributed by atoms with Gasteiger partial charge in [0.05, 0.1) is 19.3 Å². The van der Waals surface area contributed by atoms with Gasteiger partial charge in [-0.05, 0) is 54.4 Å². The van der Waals surface area contributed by atoms with Crippen molar-refractivity contribution < 1.29 is 18.5 Å². The highest BCUT2D eigenvalue weighted by molar-refractivity contribution is 7.91. The van der Waals surface area contributed by atoms with Crippen molar-refractivity contribution in [3.8, 4) is 5.88 Å². The third-order valence-electron chi connectivity index (χ3n) is 5.78. The number of nitrogens with zero attached hydrogens (tertiary/aromatic N) is 3. The van der Waals surface area contributed by atoms with E-state index in [9.17, 15) is 9.00 Å². The van der Waals surface area contributed by atoms with Crippen LogP contribution in [-0.4, -0.2) is 39.8 Å². The molecule has 0 saturated carbocycles. The first-order valence-corrected chi connectivity index (χ1v) is 11.3. The van der Waals surface area contributed by atoms with Crippen molar-refractivity contribution >= 4 is 21.6 Å². The van der Waals surface area contributed by atoms with Gasteiger partial charge in [-0.3, -0.25) is 0 Å². The zero-order valence-corrected chi connectivity index (χ0v) is 17.0. The standard InChI is InChI=1S/C19H23N5O4S/c1-27-10-13-9-24-18(28-13)16(8-21-24)29(20,26)23-19(25)22-17-14-4-2-3-11(14)7-12-5-6-15(12)17/h7-8,13H,2-6,9-10H2,1H3,(H3,20,22,23,25,26). The number of anilines is 1. The van der Waals surface area contributed by atoms with Crippen molar-refractivity contribution in [1.29, 1.82) is 0 Å². The van der Waals surface area contributed by atoms with Crippen molar-refractivity contribution in [3.63, 3.8) is 0 Å². The van der Waals surface area contributed by atoms with Gasteiger partial charge in [0.2, 0.25) is 5.88 Å². The van der Waals surface area contributed by atoms with E-state index in [0.29, 0.717) is 13.2 Å². The third kappa shape index (κ3) is 3.11. The lowest BCUT2D eigenvalue weighted by Gasteiger charge is -2.25. The first-order valence-electron chi connectivity index (χ1n) is 9.70. The highest BCUT2D eigenvalue weighted by atomic mass is 32.2. The molecule has 0 fully saturated rings. The van der Waals surface area contributed by atoms with Gasteiger partial charge in [0.1, 0.15) is 11.0 Å². The molecule has 3 N–H and O–H groups in total. The molecule has 2 atom stereocenters. The van der Waals surface area contributed by atoms with Crippen LogP contribution >= 0.6 is 0 Å². The fourth-order valence-corrected chi connectivity index (χ4v) is 5.36. The lowest BCUT2D eigenvalue weighted by Crippen LogP contribution is -2.22. The van der Waals surface area contributed by atoms with Crippen molar-refractivity contribution in [2.24, 2.45) is 9.50 Å². The van der Waals surface area contributed by atoms with Crippen LogP contribution in [-0.2, 0) is 46.9 Å². The quantitative estimate of drug-likeness (QED) is 0.786. The third-order valence-corrected chi connectivity index (χ3v) is 7.12. The molecule has 1 aromatic carbocycles. The number of hydrogen-bond acceptors (Lipinski definition) is 5. The summed E-state index contributed by atoms with van der Waals surface area (Å²) in [5.41, 5.74) is 5.74. The summed E-state index contributed by atoms with van der Waals surface area (Å²) in [6.45, 7) is 0.837. The number of amides is 2. The molecule has 2 aromatic rings. The molecule has 2 amide bonds. The van der Waals surface area contributed by atoms with Crippen molar-refractivity contribution in [2.75, 3.05) is 19.0 Å². The highest BCUT2D eigenvalue weighted by Crippen LogP contribution is 2.39. The molecule has 5 rings (SSSR count). The molecule has 10 heteroatoms. The number of aryl methyl sites for hydroxylation is 2. The molecule has 0 saturated heterocycles. The van der Waals surface area contributed by atoms with E-state index in [1.165, 1.54) is 22.9 Å². The fraction of sp³-hybridized carbons (Fsp3) is 0.474. The number of nitrogens with one attached hydrogen (secondary N) is 1. The van der Waals surface area contributed by atoms with E-state index in [1.54, 1.807) is 11.8 Å². The average Bonchev–Trinajstić information content (AvgIpc) is 3.32. The maximum absolute atomic E-state index is 13.1. The Morgan fingerprint density at radius 3 is 2.93 bits per heavy atom. The molecule has 1 aliphatic heterocycles. The van der Waals surface area contributed by atoms with E-state index in [4.69, 9.17) is 14.6 Å². The number of fused-ring (bicyclic) bond motifs is 3. The molecule has 0 spiro atoms. The number of rotatable bonds is 4. The van der Waals surface area contributed by atoms with E-state index in [1.807, 2.05) is 0 Å². The Hall–Kier alpha value is -2.43. The molecule has 0 radical (unpaired) electrons. The number of carbonyl (C=O) groups excluding carboxylic acids is 1. The largest absolute Gasteiger partial charge is 0.469 e. The summed E-state index contributed by atoms with van der Waals surface area (Å²) in [7, 11) is -1.93. The Labute approximate surface area is 168 Å². The summed E-state index contributed by atoms with van der Waals surface area (Å²) >= 11 is 0. The number of carbonyl (C=O) groups is 1. The van der Waals surface area contributed by atoms with E-state index < -0.39 is 15.9 Å². The Kier molecular flexibility index (Phi) is 4.37. The van der Waals surface area contributed by atoms with Gasteiger partial charge in [0, 0.05) is 12.8 Å². The number of benzene rings is 1. The minimum absolute atomic E-state index is 0.123. The van der Waals surface area contributed by atoms with Crippen LogP contribution in [0.4, 0.5) is 10.5 Å². The number of urea groups is 1. The van der Waals surface area contributed by atoms with Crippen LogP contribution in [0.5, 0.6) is 5.88 Å². The molecule has 9 nitrogen and oxygen atoms in total. The van der Waals surface area contributed by atoms with Crippen LogP contribution in [0.25, 0.3) is 0 Å². The molecule has 3 aliphatic rings. The summed E-state index contributed by atoms with van der Waals surface area (Å²) in [5, 5.41) is 13.0. The molecule has 1 aromatic heterocycles. The predicted octanol–water partition coefficient (Wildman–Crippen LogP) is 1.81. The fourth-order valence-electron chi connectivity index (χ4n) is 4.36. The van der Waals surface area contributed by atoms with E-state index >= 15 is 0 Å². The molecule has 2 heterocycles. The van der Waals surface area contributed by atoms with E-state index in [2.05, 4.69) is 20.8 Å². The smallest absolute Gasteiger partial charge is 0.354 e. The first kappa shape index (κ1) is 18.6.